The van der Waals surface area contributed by atoms with Crippen LogP contribution >= 0.6 is 23.2 Å². The van der Waals surface area contributed by atoms with Crippen LogP contribution in [0.5, 0.6) is 11.5 Å². The zero-order valence-electron chi connectivity index (χ0n) is 19.1. The molecule has 0 aliphatic carbocycles. The molecule has 0 saturated heterocycles. The number of nitrogens with one attached hydrogen (secondary N) is 1. The molecule has 3 N–H and O–H groups in total. The molecule has 2 atom stereocenters. The molecule has 2 heterocycles. The summed E-state index contributed by atoms with van der Waals surface area (Å²) in [4.78, 5) is 36.9. The first-order valence-electron chi connectivity index (χ1n) is 11.2. The summed E-state index contributed by atoms with van der Waals surface area (Å²) >= 11 is 12.0. The van der Waals surface area contributed by atoms with Gasteiger partial charge >= 0.3 is 12.1 Å². The average molecular weight is 543 g/mol. The van der Waals surface area contributed by atoms with Crippen molar-refractivity contribution in [3.63, 3.8) is 0 Å². The lowest BCUT2D eigenvalue weighted by Gasteiger charge is -2.34. The van der Waals surface area contributed by atoms with Crippen LogP contribution in [0, 0.1) is 0 Å². The number of anilines is 1. The number of fused-ring (bicyclic) bond motifs is 2. The molecular formula is C26H20Cl2N2O7. The highest BCUT2D eigenvalue weighted by Crippen LogP contribution is 2.39. The second-order valence-electron chi connectivity index (χ2n) is 8.68. The van der Waals surface area contributed by atoms with Crippen LogP contribution in [-0.2, 0) is 29.2 Å². The number of carboxylic acid groups (broad SMARTS) is 2. The highest BCUT2D eigenvalue weighted by molar-refractivity contribution is 6.42. The van der Waals surface area contributed by atoms with Crippen LogP contribution in [0.4, 0.5) is 10.5 Å². The van der Waals surface area contributed by atoms with Gasteiger partial charge in [-0.15, -0.1) is 0 Å². The normalized spacial score (nSPS) is 18.2. The van der Waals surface area contributed by atoms with E-state index in [-0.39, 0.29) is 25.5 Å². The summed E-state index contributed by atoms with van der Waals surface area (Å²) in [7, 11) is 0. The molecule has 5 rings (SSSR count). The Balaban J connectivity index is 1.31. The van der Waals surface area contributed by atoms with Crippen molar-refractivity contribution < 1.29 is 34.1 Å². The van der Waals surface area contributed by atoms with Crippen molar-refractivity contribution in [3.8, 4) is 11.5 Å². The van der Waals surface area contributed by atoms with Gasteiger partial charge < -0.3 is 25.0 Å². The number of hydrogen-bond acceptors (Lipinski definition) is 5. The van der Waals surface area contributed by atoms with Gasteiger partial charge in [-0.1, -0.05) is 41.4 Å². The van der Waals surface area contributed by atoms with E-state index in [1.807, 2.05) is 6.07 Å². The summed E-state index contributed by atoms with van der Waals surface area (Å²) in [5.41, 5.74) is 3.13. The van der Waals surface area contributed by atoms with Crippen molar-refractivity contribution >= 4 is 46.9 Å². The van der Waals surface area contributed by atoms with Crippen molar-refractivity contribution in [1.29, 1.82) is 0 Å². The van der Waals surface area contributed by atoms with Crippen molar-refractivity contribution in [2.45, 2.75) is 31.7 Å². The zero-order valence-corrected chi connectivity index (χ0v) is 20.6. The van der Waals surface area contributed by atoms with Gasteiger partial charge in [0.25, 0.3) is 5.91 Å². The number of aliphatic carboxylic acids is 1. The van der Waals surface area contributed by atoms with Gasteiger partial charge in [-0.3, -0.25) is 9.69 Å². The summed E-state index contributed by atoms with van der Waals surface area (Å²) in [5, 5.41) is 22.6. The number of ether oxygens (including phenoxy) is 2. The molecule has 9 nitrogen and oxygen atoms in total. The summed E-state index contributed by atoms with van der Waals surface area (Å²) < 4.78 is 11.8. The van der Waals surface area contributed by atoms with E-state index >= 15 is 0 Å². The van der Waals surface area contributed by atoms with Crippen molar-refractivity contribution in [2.24, 2.45) is 0 Å². The third kappa shape index (κ3) is 5.00. The maximum Gasteiger partial charge on any atom is 0.408 e. The first-order chi connectivity index (χ1) is 17.7. The minimum absolute atomic E-state index is 0.00671. The lowest BCUT2D eigenvalue weighted by atomic mass is 9.92. The fraction of sp³-hybridized carbons (Fsp3) is 0.192. The highest BCUT2D eigenvalue weighted by atomic mass is 35.5. The van der Waals surface area contributed by atoms with E-state index in [9.17, 15) is 24.6 Å². The molecule has 2 unspecified atom stereocenters. The smallest absolute Gasteiger partial charge is 0.408 e. The molecule has 11 heteroatoms. The monoisotopic (exact) mass is 542 g/mol. The van der Waals surface area contributed by atoms with Gasteiger partial charge in [0, 0.05) is 12.0 Å². The molecule has 0 aromatic heterocycles. The Labute approximate surface area is 221 Å². The van der Waals surface area contributed by atoms with Crippen LogP contribution < -0.4 is 14.8 Å². The lowest BCUT2D eigenvalue weighted by Crippen LogP contribution is -2.48. The van der Waals surface area contributed by atoms with Crippen LogP contribution in [0.1, 0.15) is 28.4 Å². The Bertz CT molecular complexity index is 1410. The molecule has 0 radical (unpaired) electrons. The molecule has 0 saturated carbocycles. The second-order valence-corrected chi connectivity index (χ2v) is 9.49. The Hall–Kier alpha value is -3.95. The van der Waals surface area contributed by atoms with Gasteiger partial charge in [-0.25, -0.2) is 9.59 Å². The Morgan fingerprint density at radius 2 is 1.78 bits per heavy atom. The molecular weight excluding hydrogens is 523 g/mol. The van der Waals surface area contributed by atoms with E-state index in [0.29, 0.717) is 43.9 Å². The van der Waals surface area contributed by atoms with E-state index < -0.39 is 24.2 Å². The second kappa shape index (κ2) is 9.84. The predicted molar refractivity (Wildman–Crippen MR) is 134 cm³/mol. The number of hydrogen-bond donors (Lipinski definition) is 3. The van der Waals surface area contributed by atoms with Gasteiger partial charge in [0.15, 0.2) is 0 Å². The molecule has 2 aliphatic heterocycles. The van der Waals surface area contributed by atoms with Crippen LogP contribution in [0.2, 0.25) is 10.0 Å². The third-order valence-corrected chi connectivity index (χ3v) is 7.01. The molecule has 2 aliphatic rings. The first kappa shape index (κ1) is 24.7. The average Bonchev–Trinajstić information content (AvgIpc) is 2.87. The first-order valence-corrected chi connectivity index (χ1v) is 12.0. The Morgan fingerprint density at radius 3 is 2.46 bits per heavy atom. The maximum atomic E-state index is 12.8. The fourth-order valence-electron chi connectivity index (χ4n) is 4.37. The van der Waals surface area contributed by atoms with Gasteiger partial charge in [0.1, 0.15) is 24.1 Å². The topological polar surface area (TPSA) is 125 Å². The summed E-state index contributed by atoms with van der Waals surface area (Å²) in [5.74, 6) is -0.644. The van der Waals surface area contributed by atoms with Crippen molar-refractivity contribution in [2.75, 3.05) is 5.32 Å². The standard InChI is InChI=1S/C26H20Cl2N2O7/c27-18-6-1-13(7-19(18)28)12-36-17-4-2-14(3-5-17)23-24(31)29-20-8-15-9-21(25(32)33)30(26(34)35)11-16(15)10-22(20)37-23/h1-8,10,21,23H,9,11-12H2,(H,29,31)(H,32,33)(H,34,35). The van der Waals surface area contributed by atoms with E-state index in [0.717, 1.165) is 10.5 Å². The Kier molecular flexibility index (Phi) is 6.57. The molecule has 0 bridgehead atoms. The van der Waals surface area contributed by atoms with Gasteiger partial charge in [0.05, 0.1) is 22.3 Å². The minimum atomic E-state index is -1.32. The predicted octanol–water partition coefficient (Wildman–Crippen LogP) is 5.13. The van der Waals surface area contributed by atoms with E-state index in [1.165, 1.54) is 0 Å². The third-order valence-electron chi connectivity index (χ3n) is 6.28. The Morgan fingerprint density at radius 1 is 1.03 bits per heavy atom. The fourth-order valence-corrected chi connectivity index (χ4v) is 4.69. The quantitative estimate of drug-likeness (QED) is 0.407. The van der Waals surface area contributed by atoms with E-state index in [2.05, 4.69) is 5.32 Å². The molecule has 190 valence electrons. The SMILES string of the molecule is O=C1Nc2cc3c(cc2OC1c1ccc(OCc2ccc(Cl)c(Cl)c2)cc1)CN(C(=O)O)C(C(=O)O)C3. The van der Waals surface area contributed by atoms with Gasteiger partial charge in [-0.2, -0.15) is 0 Å². The van der Waals surface area contributed by atoms with Crippen molar-refractivity contribution in [1.82, 2.24) is 4.90 Å². The van der Waals surface area contributed by atoms with Crippen LogP contribution in [0.15, 0.2) is 54.6 Å². The van der Waals surface area contributed by atoms with E-state index in [1.54, 1.807) is 48.5 Å². The van der Waals surface area contributed by atoms with Gasteiger partial charge in [-0.05, 0) is 53.1 Å². The van der Waals surface area contributed by atoms with Crippen molar-refractivity contribution in [3.05, 3.63) is 86.9 Å². The molecule has 3 aromatic carbocycles. The number of nitrogens with zero attached hydrogens (tertiary/aromatic N) is 1. The largest absolute Gasteiger partial charge is 0.489 e. The summed E-state index contributed by atoms with van der Waals surface area (Å²) in [6, 6.07) is 14.2. The molecule has 2 amide bonds. The molecule has 3 aromatic rings. The summed E-state index contributed by atoms with van der Waals surface area (Å²) in [6.07, 6.45) is -2.25. The molecule has 0 spiro atoms. The number of carbonyl (C=O) groups excluding carboxylic acids is 1. The van der Waals surface area contributed by atoms with Crippen LogP contribution in [0.25, 0.3) is 0 Å². The van der Waals surface area contributed by atoms with Crippen LogP contribution in [0.3, 0.4) is 0 Å². The van der Waals surface area contributed by atoms with Gasteiger partial charge in [0.2, 0.25) is 6.10 Å². The molecule has 0 fully saturated rings. The summed E-state index contributed by atoms with van der Waals surface area (Å²) in [6.45, 7) is 0.187. The lowest BCUT2D eigenvalue weighted by molar-refractivity contribution is -0.143. The zero-order chi connectivity index (χ0) is 26.3. The highest BCUT2D eigenvalue weighted by Gasteiger charge is 2.37. The van der Waals surface area contributed by atoms with Crippen LogP contribution in [-0.4, -0.2) is 39.1 Å². The molecule has 37 heavy (non-hydrogen) atoms. The number of carbonyl (C=O) groups is 3. The number of carboxylic acids is 1. The van der Waals surface area contributed by atoms with E-state index in [4.69, 9.17) is 32.7 Å². The number of rotatable bonds is 5. The maximum absolute atomic E-state index is 12.8. The number of benzene rings is 3. The number of halogens is 2. The number of amides is 2. The minimum Gasteiger partial charge on any atom is -0.489 e.